The summed E-state index contributed by atoms with van der Waals surface area (Å²) < 4.78 is 0. The summed E-state index contributed by atoms with van der Waals surface area (Å²) in [6.07, 6.45) is 32.2. The van der Waals surface area contributed by atoms with Crippen LogP contribution in [0.3, 0.4) is 0 Å². The summed E-state index contributed by atoms with van der Waals surface area (Å²) >= 11 is 5.96. The first-order chi connectivity index (χ1) is 53.8. The Morgan fingerprint density at radius 3 is 0.540 bits per heavy atom. The van der Waals surface area contributed by atoms with Crippen molar-refractivity contribution in [2.75, 3.05) is 5.88 Å². The van der Waals surface area contributed by atoms with Crippen molar-refractivity contribution in [3.8, 4) is 0 Å². The largest absolute Gasteiger partial charge is 0.126 e. The van der Waals surface area contributed by atoms with Crippen LogP contribution < -0.4 is 0 Å². The highest BCUT2D eigenvalue weighted by molar-refractivity contribution is 6.18. The summed E-state index contributed by atoms with van der Waals surface area (Å²) in [6, 6.07) is 0. The molecule has 0 aliphatic heterocycles. The molecule has 13 unspecified atom stereocenters. The molecule has 0 aromatic carbocycles. The van der Waals surface area contributed by atoms with Gasteiger partial charge in [-0.2, -0.15) is 0 Å². The maximum Gasteiger partial charge on any atom is 0.0256 e. The van der Waals surface area contributed by atoms with E-state index < -0.39 is 0 Å². The van der Waals surface area contributed by atoms with Crippen molar-refractivity contribution in [1.82, 2.24) is 0 Å². The number of hydrogen-bond donors (Lipinski definition) is 0. The summed E-state index contributed by atoms with van der Waals surface area (Å²) in [6.45, 7) is 157. The summed E-state index contributed by atoms with van der Waals surface area (Å²) in [5, 5.41) is 0. The van der Waals surface area contributed by atoms with Crippen LogP contribution in [-0.4, -0.2) is 5.88 Å². The molecule has 3 saturated carbocycles. The van der Waals surface area contributed by atoms with Gasteiger partial charge < -0.3 is 0 Å². The van der Waals surface area contributed by atoms with Crippen LogP contribution in [0.25, 0.3) is 0 Å². The SMILES string of the molecule is C=CC1CCC(C(C)(C)C)C(C(C)(C)C)C1.CC(C)(C)C1CCCC1C(C)(C)C.CC(C)(C)C1CCCCC1C(C)(C)C.CC(C)(C)CC(CCl)C(C)(C)C.CC(C)(C)CCC(C)(C)C.CC(CC(C)(C)C)C(C)(C)C.CCC(CC(C)(C)C)C(C)(C)C.CCC(CC(C)(C)C)C(C)(C)C.CCC(CC(C)(C)C)C(C)(C)C.CCC(CC(C)(C)C)C(C)(C)C. The van der Waals surface area contributed by atoms with Crippen molar-refractivity contribution < 1.29 is 0 Å². The Hall–Kier alpha value is 0.0300. The van der Waals surface area contributed by atoms with Crippen LogP contribution in [0, 0.1) is 185 Å². The van der Waals surface area contributed by atoms with E-state index in [1.165, 1.54) is 141 Å². The zero-order valence-corrected chi connectivity index (χ0v) is 101. The normalized spacial score (nSPS) is 21.3. The maximum absolute atomic E-state index is 5.96. The van der Waals surface area contributed by atoms with E-state index in [1.54, 1.807) is 0 Å². The molecule has 3 aliphatic carbocycles. The lowest BCUT2D eigenvalue weighted by Crippen LogP contribution is -2.40. The first-order valence-corrected chi connectivity index (χ1v) is 53.5. The van der Waals surface area contributed by atoms with Crippen LogP contribution in [0.15, 0.2) is 12.7 Å². The van der Waals surface area contributed by atoms with Gasteiger partial charge in [0.15, 0.2) is 0 Å². The monoisotopic (exact) mass is 1770 g/mol. The zero-order valence-electron chi connectivity index (χ0n) is 100. The van der Waals surface area contributed by atoms with E-state index >= 15 is 0 Å². The minimum atomic E-state index is 0.342. The third-order valence-corrected chi connectivity index (χ3v) is 29.1. The summed E-state index contributed by atoms with van der Waals surface area (Å²) in [7, 11) is 0. The van der Waals surface area contributed by atoms with Gasteiger partial charge in [-0.15, -0.1) is 18.2 Å². The topological polar surface area (TPSA) is 0 Å². The Bertz CT molecular complexity index is 2350. The van der Waals surface area contributed by atoms with E-state index in [0.29, 0.717) is 114 Å². The second kappa shape index (κ2) is 54.7. The van der Waals surface area contributed by atoms with Crippen molar-refractivity contribution in [2.45, 2.75) is 591 Å². The average Bonchev–Trinajstić information content (AvgIpc) is 1.14. The van der Waals surface area contributed by atoms with Crippen LogP contribution >= 0.6 is 11.6 Å². The Morgan fingerprint density at radius 1 is 0.234 bits per heavy atom. The summed E-state index contributed by atoms with van der Waals surface area (Å²) in [5.41, 5.74) is 9.41. The number of allylic oxidation sites excluding steroid dienone is 1. The fraction of sp³-hybridized carbons (Fsp3) is 0.984. The molecule has 0 aromatic heterocycles. The smallest absolute Gasteiger partial charge is 0.0256 e. The van der Waals surface area contributed by atoms with Gasteiger partial charge in [0.25, 0.3) is 0 Å². The molecule has 0 nitrogen and oxygen atoms in total. The van der Waals surface area contributed by atoms with Gasteiger partial charge in [0.2, 0.25) is 0 Å². The highest BCUT2D eigenvalue weighted by Gasteiger charge is 2.45. The highest BCUT2D eigenvalue weighted by atomic mass is 35.5. The van der Waals surface area contributed by atoms with Crippen LogP contribution in [0.2, 0.25) is 0 Å². The molecule has 0 bridgehead atoms. The lowest BCUT2D eigenvalue weighted by atomic mass is 9.57. The second-order valence-electron chi connectivity index (χ2n) is 64.4. The molecule has 756 valence electrons. The van der Waals surface area contributed by atoms with E-state index in [1.807, 2.05) is 0 Å². The lowest BCUT2D eigenvalue weighted by Gasteiger charge is -2.48. The van der Waals surface area contributed by atoms with Crippen LogP contribution in [-0.2, 0) is 0 Å². The fourth-order valence-corrected chi connectivity index (χ4v) is 20.7. The number of alkyl halides is 1. The van der Waals surface area contributed by atoms with E-state index in [-0.39, 0.29) is 0 Å². The third-order valence-electron chi connectivity index (χ3n) is 28.8. The molecule has 1 heteroatoms. The zero-order chi connectivity index (χ0) is 101. The van der Waals surface area contributed by atoms with Gasteiger partial charge in [0, 0.05) is 5.88 Å². The molecule has 3 aliphatic rings. The minimum absolute atomic E-state index is 0.342. The summed E-state index contributed by atoms with van der Waals surface area (Å²) in [5.74, 6) is 11.8. The molecule has 0 saturated heterocycles. The van der Waals surface area contributed by atoms with Gasteiger partial charge >= 0.3 is 0 Å². The molecule has 0 radical (unpaired) electrons. The van der Waals surface area contributed by atoms with Crippen LogP contribution in [0.1, 0.15) is 591 Å². The molecule has 0 heterocycles. The number of halogens is 1. The van der Waals surface area contributed by atoms with Crippen LogP contribution in [0.5, 0.6) is 0 Å². The van der Waals surface area contributed by atoms with Crippen molar-refractivity contribution in [3.63, 3.8) is 0 Å². The third kappa shape index (κ3) is 74.4. The van der Waals surface area contributed by atoms with E-state index in [9.17, 15) is 0 Å². The quantitative estimate of drug-likeness (QED) is 0.127. The van der Waals surface area contributed by atoms with Gasteiger partial charge in [0.05, 0.1) is 0 Å². The molecule has 0 N–H and O–H groups in total. The van der Waals surface area contributed by atoms with Crippen molar-refractivity contribution in [2.24, 2.45) is 185 Å². The van der Waals surface area contributed by atoms with E-state index in [2.05, 4.69) is 463 Å². The lowest BCUT2D eigenvalue weighted by molar-refractivity contribution is 0.0202. The molecular weight excluding hydrogens is 1510 g/mol. The first-order valence-electron chi connectivity index (χ1n) is 53.0. The van der Waals surface area contributed by atoms with Gasteiger partial charge in [-0.05, 0) is 282 Å². The van der Waals surface area contributed by atoms with Crippen molar-refractivity contribution in [1.29, 1.82) is 0 Å². The fourth-order valence-electron chi connectivity index (χ4n) is 20.2. The molecule has 124 heavy (non-hydrogen) atoms. The number of rotatable bonds is 13. The summed E-state index contributed by atoms with van der Waals surface area (Å²) in [4.78, 5) is 0. The molecule has 3 fully saturated rings. The average molecular weight is 1770 g/mol. The Labute approximate surface area is 801 Å². The van der Waals surface area contributed by atoms with Crippen LogP contribution in [0.4, 0.5) is 0 Å². The number of hydrogen-bond acceptors (Lipinski definition) is 0. The Kier molecular flexibility index (Phi) is 60.5. The van der Waals surface area contributed by atoms with E-state index in [4.69, 9.17) is 11.6 Å². The molecule has 0 aromatic rings. The second-order valence-corrected chi connectivity index (χ2v) is 64.7. The Morgan fingerprint density at radius 2 is 0.419 bits per heavy atom. The van der Waals surface area contributed by atoms with Crippen molar-refractivity contribution in [3.05, 3.63) is 12.7 Å². The molecule has 3 rings (SSSR count). The van der Waals surface area contributed by atoms with Crippen molar-refractivity contribution >= 4 is 11.6 Å². The predicted octanol–water partition coefficient (Wildman–Crippen LogP) is 44.9. The molecule has 0 amide bonds. The maximum atomic E-state index is 5.96. The highest BCUT2D eigenvalue weighted by Crippen LogP contribution is 2.54. The predicted molar refractivity (Wildman–Crippen MR) is 585 cm³/mol. The first kappa shape index (κ1) is 137. The minimum Gasteiger partial charge on any atom is -0.126 e. The molecule has 13 atom stereocenters. The Balaban J connectivity index is -0.000000246. The van der Waals surface area contributed by atoms with Gasteiger partial charge in [0.1, 0.15) is 0 Å². The molecular formula is C123H257Cl. The molecule has 0 spiro atoms. The van der Waals surface area contributed by atoms with Gasteiger partial charge in [-0.3, -0.25) is 0 Å². The van der Waals surface area contributed by atoms with E-state index in [0.717, 1.165) is 76.9 Å². The standard InChI is InChI=1S/C16H30.C14H28.C13H26.4C12H26.C11H23Cl.C11H24.C10H22/c1-8-12-9-10-13(15(2,3)4)14(11-12)16(5,6)7;1-13(2,3)11-9-7-8-10-12(11)14(4,5)6;1-12(2,3)10-8-7-9-11(10)13(4,5)6;4*1-8-10(12(5,6)7)9-11(2,3)4;1-10(2,3)7-9(8-12)11(4,5)6;1-9(11(5,6)7)8-10(2,3)4;1-9(2,3)7-8-10(4,5)6/h8,12-14H,1,9-11H2,2-7H3;11-12H,7-10H2,1-6H3;10-11H,7-9H2,1-6H3;4*10H,8-9H2,1-7H3;9H,7-8H2,1-6H3;9H,8H2,1-7H3;7-8H2,1-6H3. The van der Waals surface area contributed by atoms with Gasteiger partial charge in [-0.25, -0.2) is 0 Å². The van der Waals surface area contributed by atoms with Gasteiger partial charge in [-0.1, -0.05) is 501 Å².